The lowest BCUT2D eigenvalue weighted by Gasteiger charge is -2.29. The second-order valence-corrected chi connectivity index (χ2v) is 8.27. The first-order valence-electron chi connectivity index (χ1n) is 11.1. The summed E-state index contributed by atoms with van der Waals surface area (Å²) in [5.41, 5.74) is 8.52. The number of alkyl halides is 3. The summed E-state index contributed by atoms with van der Waals surface area (Å²) < 4.78 is 51.7. The van der Waals surface area contributed by atoms with Crippen molar-refractivity contribution in [3.63, 3.8) is 0 Å². The number of anilines is 1. The molecule has 5 rings (SSSR count). The molecule has 1 aliphatic heterocycles. The second-order valence-electron chi connectivity index (χ2n) is 8.27. The summed E-state index contributed by atoms with van der Waals surface area (Å²) >= 11 is 0. The maximum Gasteiger partial charge on any atom is 0.256 e. The number of likely N-dealkylation sites (tertiary alicyclic amines) is 1. The number of aryl methyl sites for hydroxylation is 1. The topological polar surface area (TPSA) is 105 Å². The van der Waals surface area contributed by atoms with Crippen molar-refractivity contribution < 1.29 is 14.5 Å². The monoisotopic (exact) mass is 460 g/mol. The van der Waals surface area contributed by atoms with Crippen LogP contribution in [-0.4, -0.2) is 72.8 Å². The van der Waals surface area contributed by atoms with E-state index in [1.165, 1.54) is 9.08 Å². The van der Waals surface area contributed by atoms with Crippen LogP contribution in [0, 0.1) is 6.92 Å². The number of halogens is 3. The molecule has 0 amide bonds. The minimum Gasteiger partial charge on any atom is -0.382 e. The van der Waals surface area contributed by atoms with E-state index in [1.54, 1.807) is 25.1 Å². The number of fused-ring (bicyclic) bond motifs is 2. The molecule has 12 heteroatoms. The molecule has 0 spiro atoms. The molecule has 1 aliphatic rings. The number of H-pyrrole nitrogens is 1. The Hall–Kier alpha value is -3.41. The van der Waals surface area contributed by atoms with E-state index in [2.05, 4.69) is 25.0 Å². The SMILES string of the molecule is [2H]c1cc(-c2ccc3nc(C)n(CC(F)F)c3n2)c2c(N)nc(=N[C@H]3CCN(C)C[C@H]3F)[nH]n12. The van der Waals surface area contributed by atoms with Crippen LogP contribution in [0.4, 0.5) is 19.0 Å². The second kappa shape index (κ2) is 8.18. The van der Waals surface area contributed by atoms with E-state index in [-0.39, 0.29) is 17.6 Å². The molecule has 1 saturated heterocycles. The Morgan fingerprint density at radius 3 is 2.88 bits per heavy atom. The minimum absolute atomic E-state index is 0.0647. The number of aromatic amines is 1. The Balaban J connectivity index is 1.60. The predicted molar refractivity (Wildman–Crippen MR) is 118 cm³/mol. The van der Waals surface area contributed by atoms with Crippen molar-refractivity contribution in [3.05, 3.63) is 35.8 Å². The van der Waals surface area contributed by atoms with Gasteiger partial charge in [0.25, 0.3) is 6.43 Å². The fourth-order valence-corrected chi connectivity index (χ4v) is 4.24. The maximum atomic E-state index is 14.4. The van der Waals surface area contributed by atoms with Crippen LogP contribution in [0.2, 0.25) is 0 Å². The van der Waals surface area contributed by atoms with Gasteiger partial charge in [-0.1, -0.05) is 0 Å². The van der Waals surface area contributed by atoms with E-state index < -0.39 is 25.2 Å². The summed E-state index contributed by atoms with van der Waals surface area (Å²) in [7, 11) is 1.86. The van der Waals surface area contributed by atoms with E-state index in [0.717, 1.165) is 6.54 Å². The van der Waals surface area contributed by atoms with Gasteiger partial charge in [0.1, 0.15) is 23.0 Å². The van der Waals surface area contributed by atoms with Crippen molar-refractivity contribution in [2.45, 2.75) is 38.5 Å². The standard InChI is InChI=1S/C21H24F3N9/c1-11-26-16-4-3-14(27-20(16)32(11)10-17(23)24)12-5-8-33-18(12)19(25)29-21(30-33)28-15-6-7-31(2)9-13(15)22/h3-5,8,13,15,17H,6-7,9-10H2,1-2H3,(H3,25,28,29,30)/t13-,15+/m1/s1/i8D. The quantitative estimate of drug-likeness (QED) is 0.486. The van der Waals surface area contributed by atoms with Crippen LogP contribution in [0.15, 0.2) is 29.4 Å². The lowest BCUT2D eigenvalue weighted by molar-refractivity contribution is 0.127. The van der Waals surface area contributed by atoms with Gasteiger partial charge in [0.05, 0.1) is 19.7 Å². The summed E-state index contributed by atoms with van der Waals surface area (Å²) in [5.74, 6) is 0.525. The maximum absolute atomic E-state index is 14.4. The molecule has 0 aromatic carbocycles. The van der Waals surface area contributed by atoms with Gasteiger partial charge >= 0.3 is 0 Å². The average Bonchev–Trinajstić information content (AvgIpc) is 3.26. The first-order chi connectivity index (χ1) is 16.2. The highest BCUT2D eigenvalue weighted by Gasteiger charge is 2.27. The third-order valence-corrected chi connectivity index (χ3v) is 5.88. The molecule has 5 heterocycles. The van der Waals surface area contributed by atoms with Gasteiger partial charge in [0, 0.05) is 24.8 Å². The molecular weight excluding hydrogens is 435 g/mol. The van der Waals surface area contributed by atoms with E-state index in [9.17, 15) is 13.2 Å². The summed E-state index contributed by atoms with van der Waals surface area (Å²) in [5, 5.41) is 2.93. The van der Waals surface area contributed by atoms with E-state index in [4.69, 9.17) is 7.10 Å². The Kier molecular flexibility index (Phi) is 5.01. The van der Waals surface area contributed by atoms with E-state index in [1.807, 2.05) is 11.9 Å². The van der Waals surface area contributed by atoms with Crippen LogP contribution < -0.4 is 11.4 Å². The van der Waals surface area contributed by atoms with E-state index >= 15 is 0 Å². The molecule has 4 aromatic rings. The van der Waals surface area contributed by atoms with Crippen LogP contribution in [0.3, 0.4) is 0 Å². The third kappa shape index (κ3) is 3.94. The van der Waals surface area contributed by atoms with Crippen LogP contribution >= 0.6 is 0 Å². The van der Waals surface area contributed by atoms with Gasteiger partial charge in [-0.05, 0) is 38.6 Å². The molecule has 3 N–H and O–H groups in total. The number of nitrogens with zero attached hydrogens (tertiary/aromatic N) is 7. The fraction of sp³-hybridized carbons (Fsp3) is 0.429. The van der Waals surface area contributed by atoms with Crippen LogP contribution in [0.25, 0.3) is 27.9 Å². The van der Waals surface area contributed by atoms with Crippen molar-refractivity contribution in [2.24, 2.45) is 4.99 Å². The largest absolute Gasteiger partial charge is 0.382 e. The summed E-state index contributed by atoms with van der Waals surface area (Å²) in [4.78, 5) is 19.5. The molecule has 0 bridgehead atoms. The predicted octanol–water partition coefficient (Wildman–Crippen LogP) is 2.17. The molecule has 0 radical (unpaired) electrons. The van der Waals surface area contributed by atoms with Crippen molar-refractivity contribution >= 4 is 22.5 Å². The van der Waals surface area contributed by atoms with Crippen LogP contribution in [0.1, 0.15) is 13.6 Å². The smallest absolute Gasteiger partial charge is 0.256 e. The van der Waals surface area contributed by atoms with Crippen LogP contribution in [0.5, 0.6) is 0 Å². The molecule has 2 atom stereocenters. The Morgan fingerprint density at radius 1 is 1.30 bits per heavy atom. The van der Waals surface area contributed by atoms with Gasteiger partial charge in [-0.15, -0.1) is 0 Å². The molecule has 174 valence electrons. The van der Waals surface area contributed by atoms with Crippen molar-refractivity contribution in [1.29, 1.82) is 0 Å². The highest BCUT2D eigenvalue weighted by Crippen LogP contribution is 2.28. The molecule has 0 unspecified atom stereocenters. The lowest BCUT2D eigenvalue weighted by Crippen LogP contribution is -2.42. The highest BCUT2D eigenvalue weighted by molar-refractivity contribution is 5.88. The third-order valence-electron chi connectivity index (χ3n) is 5.88. The fourth-order valence-electron chi connectivity index (χ4n) is 4.24. The number of nitrogen functional groups attached to an aromatic ring is 1. The van der Waals surface area contributed by atoms with Gasteiger partial charge in [-0.3, -0.25) is 9.61 Å². The Labute approximate surface area is 188 Å². The number of hydrogen-bond acceptors (Lipinski definition) is 6. The molecule has 0 saturated carbocycles. The lowest BCUT2D eigenvalue weighted by atomic mass is 10.0. The minimum atomic E-state index is -2.55. The highest BCUT2D eigenvalue weighted by atomic mass is 19.3. The first-order valence-corrected chi connectivity index (χ1v) is 10.6. The Morgan fingerprint density at radius 2 is 2.12 bits per heavy atom. The van der Waals surface area contributed by atoms with Crippen molar-refractivity contribution in [2.75, 3.05) is 25.9 Å². The molecule has 4 aromatic heterocycles. The zero-order valence-electron chi connectivity index (χ0n) is 19.1. The van der Waals surface area contributed by atoms with Gasteiger partial charge in [0.2, 0.25) is 5.62 Å². The average molecular weight is 460 g/mol. The van der Waals surface area contributed by atoms with Crippen LogP contribution in [-0.2, 0) is 6.54 Å². The van der Waals surface area contributed by atoms with Crippen molar-refractivity contribution in [1.82, 2.24) is 34.0 Å². The van der Waals surface area contributed by atoms with Gasteiger partial charge in [0.15, 0.2) is 11.5 Å². The summed E-state index contributed by atoms with van der Waals surface area (Å²) in [6.45, 7) is 2.14. The number of pyridine rings is 1. The Bertz CT molecular complexity index is 1440. The van der Waals surface area contributed by atoms with Crippen molar-refractivity contribution in [3.8, 4) is 11.3 Å². The first kappa shape index (κ1) is 20.2. The number of nitrogens with two attached hydrogens (primary N) is 1. The van der Waals surface area contributed by atoms with E-state index in [0.29, 0.717) is 46.7 Å². The number of aromatic nitrogens is 6. The molecular formula is C21H24F3N9. The summed E-state index contributed by atoms with van der Waals surface area (Å²) in [6, 6.07) is 4.39. The number of nitrogens with one attached hydrogen (secondary N) is 1. The molecule has 1 fully saturated rings. The number of rotatable bonds is 4. The number of piperidine rings is 1. The molecule has 9 nitrogen and oxygen atoms in total. The van der Waals surface area contributed by atoms with Gasteiger partial charge in [-0.25, -0.2) is 28.1 Å². The zero-order chi connectivity index (χ0) is 24.1. The number of imidazole rings is 1. The number of hydrogen-bond donors (Lipinski definition) is 2. The van der Waals surface area contributed by atoms with Gasteiger partial charge < -0.3 is 15.2 Å². The molecule has 0 aliphatic carbocycles. The van der Waals surface area contributed by atoms with Gasteiger partial charge in [-0.2, -0.15) is 4.98 Å². The molecule has 33 heavy (non-hydrogen) atoms. The zero-order valence-corrected chi connectivity index (χ0v) is 18.1. The summed E-state index contributed by atoms with van der Waals surface area (Å²) in [6.07, 6.45) is -3.07. The normalized spacial score (nSPS) is 20.9.